The van der Waals surface area contributed by atoms with Crippen LogP contribution in [0.4, 0.5) is 5.69 Å². The van der Waals surface area contributed by atoms with Crippen LogP contribution < -0.4 is 10.2 Å². The quantitative estimate of drug-likeness (QED) is 0.764. The molecule has 5 heteroatoms. The van der Waals surface area contributed by atoms with Gasteiger partial charge < -0.3 is 20.4 Å². The number of benzene rings is 1. The summed E-state index contributed by atoms with van der Waals surface area (Å²) in [5.74, 6) is 0. The fraction of sp³-hybridized carbons (Fsp3) is 0.538. The molecule has 2 rings (SSSR count). The molecule has 2 unspecified atom stereocenters. The summed E-state index contributed by atoms with van der Waals surface area (Å²) < 4.78 is 0. The average Bonchev–Trinajstić information content (AvgIpc) is 2.66. The molecule has 0 saturated carbocycles. The molecule has 2 atom stereocenters. The van der Waals surface area contributed by atoms with Gasteiger partial charge in [-0.25, -0.2) is 0 Å². The smallest absolute Gasteiger partial charge is 0.0990 e. The molecule has 100 valence electrons. The van der Waals surface area contributed by atoms with Gasteiger partial charge in [-0.3, -0.25) is 0 Å². The minimum Gasteiger partial charge on any atom is -0.389 e. The first-order valence-corrected chi connectivity index (χ1v) is 6.60. The number of hydrogen-bond acceptors (Lipinski definition) is 4. The van der Waals surface area contributed by atoms with Crippen LogP contribution in [0.15, 0.2) is 18.2 Å². The third-order valence-corrected chi connectivity index (χ3v) is 3.52. The van der Waals surface area contributed by atoms with E-state index in [0.29, 0.717) is 18.1 Å². The van der Waals surface area contributed by atoms with Gasteiger partial charge in [0.1, 0.15) is 0 Å². The number of nitrogens with zero attached hydrogens (tertiary/aromatic N) is 1. The maximum Gasteiger partial charge on any atom is 0.0990 e. The summed E-state index contributed by atoms with van der Waals surface area (Å²) in [4.78, 5) is 1.95. The third-order valence-electron chi connectivity index (χ3n) is 3.21. The Balaban J connectivity index is 2.25. The van der Waals surface area contributed by atoms with Crippen molar-refractivity contribution in [1.29, 1.82) is 0 Å². The largest absolute Gasteiger partial charge is 0.389 e. The van der Waals surface area contributed by atoms with Crippen LogP contribution in [-0.4, -0.2) is 42.1 Å². The fourth-order valence-corrected chi connectivity index (χ4v) is 2.58. The lowest BCUT2D eigenvalue weighted by Crippen LogP contribution is -2.24. The molecule has 1 heterocycles. The van der Waals surface area contributed by atoms with E-state index in [2.05, 4.69) is 5.32 Å². The van der Waals surface area contributed by atoms with Crippen LogP contribution in [0.3, 0.4) is 0 Å². The van der Waals surface area contributed by atoms with Gasteiger partial charge in [0.2, 0.25) is 0 Å². The molecule has 1 fully saturated rings. The summed E-state index contributed by atoms with van der Waals surface area (Å²) in [5.41, 5.74) is 2.00. The summed E-state index contributed by atoms with van der Waals surface area (Å²) >= 11 is 6.25. The second kappa shape index (κ2) is 5.89. The third kappa shape index (κ3) is 2.78. The molecule has 0 spiro atoms. The Bertz CT molecular complexity index is 404. The number of β-amino-alcohol motifs (C(OH)–C–C–N with tert-alkyl or cyclic N) is 2. The van der Waals surface area contributed by atoms with E-state index in [1.54, 1.807) is 0 Å². The van der Waals surface area contributed by atoms with Gasteiger partial charge in [-0.15, -0.1) is 0 Å². The Kier molecular flexibility index (Phi) is 4.45. The van der Waals surface area contributed by atoms with Crippen LogP contribution in [-0.2, 0) is 6.54 Å². The van der Waals surface area contributed by atoms with Gasteiger partial charge in [-0.1, -0.05) is 30.7 Å². The molecule has 0 bridgehead atoms. The van der Waals surface area contributed by atoms with Gasteiger partial charge in [0.15, 0.2) is 0 Å². The summed E-state index contributed by atoms with van der Waals surface area (Å²) in [7, 11) is 0. The Labute approximate surface area is 112 Å². The second-order valence-electron chi connectivity index (χ2n) is 4.57. The first-order chi connectivity index (χ1) is 8.63. The lowest BCUT2D eigenvalue weighted by Gasteiger charge is -2.23. The molecular formula is C13H19ClN2O2. The molecule has 1 aliphatic rings. The molecule has 1 aliphatic heterocycles. The summed E-state index contributed by atoms with van der Waals surface area (Å²) in [6.45, 7) is 4.51. The highest BCUT2D eigenvalue weighted by molar-refractivity contribution is 6.33. The molecule has 0 radical (unpaired) electrons. The van der Waals surface area contributed by atoms with Crippen LogP contribution in [0.1, 0.15) is 12.5 Å². The normalized spacial score (nSPS) is 23.7. The number of hydrogen-bond donors (Lipinski definition) is 3. The highest BCUT2D eigenvalue weighted by Gasteiger charge is 2.31. The summed E-state index contributed by atoms with van der Waals surface area (Å²) in [6, 6.07) is 5.77. The van der Waals surface area contributed by atoms with Crippen molar-refractivity contribution in [1.82, 2.24) is 5.32 Å². The lowest BCUT2D eigenvalue weighted by atomic mass is 10.1. The van der Waals surface area contributed by atoms with Crippen molar-refractivity contribution in [3.8, 4) is 0 Å². The van der Waals surface area contributed by atoms with E-state index in [1.807, 2.05) is 30.0 Å². The maximum atomic E-state index is 9.64. The summed E-state index contributed by atoms with van der Waals surface area (Å²) in [6.07, 6.45) is -1.40. The van der Waals surface area contributed by atoms with Crippen molar-refractivity contribution < 1.29 is 10.2 Å². The van der Waals surface area contributed by atoms with Gasteiger partial charge in [0.25, 0.3) is 0 Å². The van der Waals surface area contributed by atoms with Crippen molar-refractivity contribution in [3.05, 3.63) is 28.8 Å². The maximum absolute atomic E-state index is 9.64. The number of aliphatic hydroxyl groups is 2. The predicted molar refractivity (Wildman–Crippen MR) is 73.1 cm³/mol. The number of rotatable bonds is 4. The molecule has 4 nitrogen and oxygen atoms in total. The summed E-state index contributed by atoms with van der Waals surface area (Å²) in [5, 5.41) is 23.2. The van der Waals surface area contributed by atoms with Gasteiger partial charge in [-0.05, 0) is 18.2 Å². The van der Waals surface area contributed by atoms with Crippen molar-refractivity contribution in [3.63, 3.8) is 0 Å². The Hall–Kier alpha value is -0.810. The van der Waals surface area contributed by atoms with E-state index in [0.717, 1.165) is 24.3 Å². The standard InChI is InChI=1S/C13H19ClN2O2/c1-2-15-6-9-4-3-5-10(14)13(9)16-7-11(17)12(18)8-16/h3-5,11-12,15,17-18H,2,6-8H2,1H3. The average molecular weight is 271 g/mol. The van der Waals surface area contributed by atoms with Crippen molar-refractivity contribution in [2.24, 2.45) is 0 Å². The molecule has 18 heavy (non-hydrogen) atoms. The number of nitrogens with one attached hydrogen (secondary N) is 1. The van der Waals surface area contributed by atoms with Crippen LogP contribution in [0.25, 0.3) is 0 Å². The highest BCUT2D eigenvalue weighted by Crippen LogP contribution is 2.32. The minimum absolute atomic E-state index is 0.421. The zero-order valence-electron chi connectivity index (χ0n) is 10.4. The van der Waals surface area contributed by atoms with Crippen molar-refractivity contribution in [2.75, 3.05) is 24.5 Å². The molecule has 0 aromatic heterocycles. The van der Waals surface area contributed by atoms with Gasteiger partial charge in [-0.2, -0.15) is 0 Å². The first kappa shape index (κ1) is 13.6. The van der Waals surface area contributed by atoms with Gasteiger partial charge in [0, 0.05) is 19.6 Å². The Morgan fingerprint density at radius 1 is 1.33 bits per heavy atom. The number of anilines is 1. The number of halogens is 1. The van der Waals surface area contributed by atoms with Gasteiger partial charge in [0.05, 0.1) is 22.9 Å². The predicted octanol–water partition coefficient (Wildman–Crippen LogP) is 0.991. The fourth-order valence-electron chi connectivity index (χ4n) is 2.27. The number of aliphatic hydroxyl groups excluding tert-OH is 2. The number of para-hydroxylation sites is 1. The van der Waals surface area contributed by atoms with Crippen LogP contribution in [0.5, 0.6) is 0 Å². The second-order valence-corrected chi connectivity index (χ2v) is 4.97. The van der Waals surface area contributed by atoms with Crippen LogP contribution in [0, 0.1) is 0 Å². The molecule has 3 N–H and O–H groups in total. The van der Waals surface area contributed by atoms with E-state index in [4.69, 9.17) is 11.6 Å². The Morgan fingerprint density at radius 3 is 2.61 bits per heavy atom. The monoisotopic (exact) mass is 270 g/mol. The van der Waals surface area contributed by atoms with Crippen molar-refractivity contribution in [2.45, 2.75) is 25.7 Å². The van der Waals surface area contributed by atoms with E-state index < -0.39 is 12.2 Å². The van der Waals surface area contributed by atoms with E-state index >= 15 is 0 Å². The van der Waals surface area contributed by atoms with E-state index in [9.17, 15) is 10.2 Å². The topological polar surface area (TPSA) is 55.7 Å². The first-order valence-electron chi connectivity index (χ1n) is 6.22. The lowest BCUT2D eigenvalue weighted by molar-refractivity contribution is 0.0572. The van der Waals surface area contributed by atoms with Gasteiger partial charge >= 0.3 is 0 Å². The molecule has 1 saturated heterocycles. The molecule has 1 aromatic rings. The minimum atomic E-state index is -0.701. The SMILES string of the molecule is CCNCc1cccc(Cl)c1N1CC(O)C(O)C1. The zero-order chi connectivity index (χ0) is 13.1. The molecule has 1 aromatic carbocycles. The van der Waals surface area contributed by atoms with Crippen molar-refractivity contribution >= 4 is 17.3 Å². The molecular weight excluding hydrogens is 252 g/mol. The Morgan fingerprint density at radius 2 is 2.00 bits per heavy atom. The highest BCUT2D eigenvalue weighted by atomic mass is 35.5. The molecule has 0 amide bonds. The van der Waals surface area contributed by atoms with Crippen LogP contribution >= 0.6 is 11.6 Å². The van der Waals surface area contributed by atoms with E-state index in [-0.39, 0.29) is 0 Å². The van der Waals surface area contributed by atoms with E-state index in [1.165, 1.54) is 0 Å². The molecule has 0 aliphatic carbocycles. The zero-order valence-corrected chi connectivity index (χ0v) is 11.2. The van der Waals surface area contributed by atoms with Crippen LogP contribution in [0.2, 0.25) is 5.02 Å².